The quantitative estimate of drug-likeness (QED) is 0.797. The Morgan fingerprint density at radius 2 is 2.07 bits per heavy atom. The Hall–Kier alpha value is -1.02. The molecule has 0 heterocycles. The monoisotopic (exact) mass is 205 g/mol. The lowest BCUT2D eigenvalue weighted by atomic mass is 10.1. The first-order valence-electron chi connectivity index (χ1n) is 5.72. The van der Waals surface area contributed by atoms with Crippen LogP contribution in [0.4, 0.5) is 0 Å². The van der Waals surface area contributed by atoms with Crippen molar-refractivity contribution in [1.29, 1.82) is 0 Å². The first-order chi connectivity index (χ1) is 7.35. The number of nitrogens with one attached hydrogen (secondary N) is 1. The highest BCUT2D eigenvalue weighted by molar-refractivity contribution is 5.32. The third-order valence-corrected chi connectivity index (χ3v) is 3.01. The maximum atomic E-state index is 5.42. The molecule has 0 aliphatic heterocycles. The smallest absolute Gasteiger partial charge is 0.119 e. The summed E-state index contributed by atoms with van der Waals surface area (Å²) >= 11 is 0. The first kappa shape index (κ1) is 10.5. The molecule has 82 valence electrons. The maximum Gasteiger partial charge on any atom is 0.119 e. The molecule has 0 saturated heterocycles. The van der Waals surface area contributed by atoms with Crippen LogP contribution >= 0.6 is 0 Å². The fourth-order valence-electron chi connectivity index (χ4n) is 2.12. The molecule has 1 aliphatic carbocycles. The SMILES string of the molecule is CCOc1ccc([C@@H]2C[C@H]2CNC)cc1. The predicted octanol–water partition coefficient (Wildman–Crippen LogP) is 2.41. The van der Waals surface area contributed by atoms with Gasteiger partial charge in [-0.15, -0.1) is 0 Å². The second-order valence-electron chi connectivity index (χ2n) is 4.16. The Morgan fingerprint density at radius 3 is 2.67 bits per heavy atom. The second kappa shape index (κ2) is 4.67. The van der Waals surface area contributed by atoms with Crippen LogP contribution in [0.3, 0.4) is 0 Å². The van der Waals surface area contributed by atoms with E-state index in [0.717, 1.165) is 30.7 Å². The summed E-state index contributed by atoms with van der Waals surface area (Å²) in [7, 11) is 2.02. The van der Waals surface area contributed by atoms with E-state index in [4.69, 9.17) is 4.74 Å². The molecule has 1 N–H and O–H groups in total. The number of ether oxygens (including phenoxy) is 1. The number of rotatable bonds is 5. The maximum absolute atomic E-state index is 5.42. The molecule has 1 aromatic carbocycles. The van der Waals surface area contributed by atoms with Gasteiger partial charge in [-0.1, -0.05) is 12.1 Å². The fraction of sp³-hybridized carbons (Fsp3) is 0.538. The van der Waals surface area contributed by atoms with Crippen molar-refractivity contribution in [2.45, 2.75) is 19.3 Å². The molecule has 1 fully saturated rings. The van der Waals surface area contributed by atoms with Gasteiger partial charge in [0.05, 0.1) is 6.61 Å². The van der Waals surface area contributed by atoms with Gasteiger partial charge in [-0.25, -0.2) is 0 Å². The molecular weight excluding hydrogens is 186 g/mol. The van der Waals surface area contributed by atoms with Gasteiger partial charge in [0.2, 0.25) is 0 Å². The first-order valence-corrected chi connectivity index (χ1v) is 5.72. The van der Waals surface area contributed by atoms with Crippen LogP contribution in [0.1, 0.15) is 24.8 Å². The topological polar surface area (TPSA) is 21.3 Å². The van der Waals surface area contributed by atoms with E-state index in [1.165, 1.54) is 12.0 Å². The Bertz CT molecular complexity index is 307. The van der Waals surface area contributed by atoms with E-state index in [9.17, 15) is 0 Å². The molecular formula is C13H19NO. The van der Waals surface area contributed by atoms with Gasteiger partial charge in [-0.3, -0.25) is 0 Å². The minimum absolute atomic E-state index is 0.741. The zero-order valence-electron chi connectivity index (χ0n) is 9.49. The Labute approximate surface area is 91.6 Å². The number of hydrogen-bond acceptors (Lipinski definition) is 2. The predicted molar refractivity (Wildman–Crippen MR) is 62.4 cm³/mol. The summed E-state index contributed by atoms with van der Waals surface area (Å²) in [6, 6.07) is 8.55. The zero-order valence-corrected chi connectivity index (χ0v) is 9.49. The number of benzene rings is 1. The van der Waals surface area contributed by atoms with E-state index >= 15 is 0 Å². The van der Waals surface area contributed by atoms with Crippen LogP contribution in [0.5, 0.6) is 5.75 Å². The summed E-state index contributed by atoms with van der Waals surface area (Å²) in [5.74, 6) is 2.59. The molecule has 2 rings (SSSR count). The van der Waals surface area contributed by atoms with Gasteiger partial charge < -0.3 is 10.1 Å². The molecule has 0 unspecified atom stereocenters. The molecule has 0 spiro atoms. The highest BCUT2D eigenvalue weighted by atomic mass is 16.5. The van der Waals surface area contributed by atoms with Crippen molar-refractivity contribution < 1.29 is 4.74 Å². The fourth-order valence-corrected chi connectivity index (χ4v) is 2.12. The van der Waals surface area contributed by atoms with Gasteiger partial charge in [-0.2, -0.15) is 0 Å². The van der Waals surface area contributed by atoms with Crippen LogP contribution in [0.25, 0.3) is 0 Å². The van der Waals surface area contributed by atoms with Crippen molar-refractivity contribution in [3.63, 3.8) is 0 Å². The average Bonchev–Trinajstić information content (AvgIpc) is 3.00. The summed E-state index contributed by atoms with van der Waals surface area (Å²) in [6.45, 7) is 3.89. The normalized spacial score (nSPS) is 23.9. The molecule has 1 aliphatic rings. The summed E-state index contributed by atoms with van der Waals surface area (Å²) < 4.78 is 5.42. The molecule has 15 heavy (non-hydrogen) atoms. The van der Waals surface area contributed by atoms with Crippen LogP contribution in [0.2, 0.25) is 0 Å². The van der Waals surface area contributed by atoms with Gasteiger partial charge in [0, 0.05) is 0 Å². The minimum atomic E-state index is 0.741. The van der Waals surface area contributed by atoms with E-state index in [1.54, 1.807) is 0 Å². The van der Waals surface area contributed by atoms with E-state index < -0.39 is 0 Å². The van der Waals surface area contributed by atoms with E-state index in [1.807, 2.05) is 14.0 Å². The van der Waals surface area contributed by atoms with Gasteiger partial charge in [0.15, 0.2) is 0 Å². The highest BCUT2D eigenvalue weighted by Gasteiger charge is 2.37. The molecule has 0 amide bonds. The molecule has 0 bridgehead atoms. The van der Waals surface area contributed by atoms with Gasteiger partial charge in [-0.05, 0) is 56.5 Å². The summed E-state index contributed by atoms with van der Waals surface area (Å²) in [5, 5.41) is 3.24. The van der Waals surface area contributed by atoms with E-state index in [0.29, 0.717) is 0 Å². The van der Waals surface area contributed by atoms with Crippen molar-refractivity contribution in [3.8, 4) is 5.75 Å². The largest absolute Gasteiger partial charge is 0.494 e. The Balaban J connectivity index is 1.94. The standard InChI is InChI=1S/C13H19NO/c1-3-15-12-6-4-10(5-7-12)13-8-11(13)9-14-2/h4-7,11,13-14H,3,8-9H2,1-2H3/t11-,13-/m0/s1. The van der Waals surface area contributed by atoms with Crippen LogP contribution in [0, 0.1) is 5.92 Å². The van der Waals surface area contributed by atoms with Crippen LogP contribution < -0.4 is 10.1 Å². The van der Waals surface area contributed by atoms with Crippen LogP contribution in [-0.2, 0) is 0 Å². The molecule has 2 nitrogen and oxygen atoms in total. The summed E-state index contributed by atoms with van der Waals surface area (Å²) in [5.41, 5.74) is 1.46. The molecule has 0 radical (unpaired) electrons. The second-order valence-corrected chi connectivity index (χ2v) is 4.16. The molecule has 2 atom stereocenters. The van der Waals surface area contributed by atoms with Crippen LogP contribution in [-0.4, -0.2) is 20.2 Å². The molecule has 1 aromatic rings. The van der Waals surface area contributed by atoms with Crippen LogP contribution in [0.15, 0.2) is 24.3 Å². The van der Waals surface area contributed by atoms with Crippen molar-refractivity contribution in [3.05, 3.63) is 29.8 Å². The third kappa shape index (κ3) is 2.51. The number of hydrogen-bond donors (Lipinski definition) is 1. The van der Waals surface area contributed by atoms with Gasteiger partial charge in [0.1, 0.15) is 5.75 Å². The molecule has 0 aromatic heterocycles. The lowest BCUT2D eigenvalue weighted by molar-refractivity contribution is 0.340. The zero-order chi connectivity index (χ0) is 10.7. The highest BCUT2D eigenvalue weighted by Crippen LogP contribution is 2.47. The lowest BCUT2D eigenvalue weighted by Crippen LogP contribution is -2.10. The summed E-state index contributed by atoms with van der Waals surface area (Å²) in [6.07, 6.45) is 1.33. The minimum Gasteiger partial charge on any atom is -0.494 e. The van der Waals surface area contributed by atoms with E-state index in [-0.39, 0.29) is 0 Å². The van der Waals surface area contributed by atoms with Gasteiger partial charge >= 0.3 is 0 Å². The lowest BCUT2D eigenvalue weighted by Gasteiger charge is -2.04. The van der Waals surface area contributed by atoms with Crippen molar-refractivity contribution in [1.82, 2.24) is 5.32 Å². The molecule has 1 saturated carbocycles. The summed E-state index contributed by atoms with van der Waals surface area (Å²) in [4.78, 5) is 0. The van der Waals surface area contributed by atoms with Crippen molar-refractivity contribution >= 4 is 0 Å². The average molecular weight is 205 g/mol. The van der Waals surface area contributed by atoms with Gasteiger partial charge in [0.25, 0.3) is 0 Å². The Kier molecular flexibility index (Phi) is 3.27. The Morgan fingerprint density at radius 1 is 1.33 bits per heavy atom. The molecule has 2 heteroatoms. The third-order valence-electron chi connectivity index (χ3n) is 3.01. The van der Waals surface area contributed by atoms with Crippen molar-refractivity contribution in [2.24, 2.45) is 5.92 Å². The van der Waals surface area contributed by atoms with E-state index in [2.05, 4.69) is 29.6 Å². The van der Waals surface area contributed by atoms with Crippen molar-refractivity contribution in [2.75, 3.05) is 20.2 Å².